The van der Waals surface area contributed by atoms with Crippen molar-refractivity contribution < 1.29 is 13.5 Å². The van der Waals surface area contributed by atoms with Crippen molar-refractivity contribution in [3.63, 3.8) is 0 Å². The van der Waals surface area contributed by atoms with Gasteiger partial charge in [0.25, 0.3) is 0 Å². The van der Waals surface area contributed by atoms with Crippen LogP contribution in [0.4, 0.5) is 14.5 Å². The molecule has 0 unspecified atom stereocenters. The Morgan fingerprint density at radius 2 is 1.89 bits per heavy atom. The molecule has 0 radical (unpaired) electrons. The molecule has 0 fully saturated rings. The van der Waals surface area contributed by atoms with Crippen LogP contribution in [0.3, 0.4) is 0 Å². The minimum atomic E-state index is -0.745. The molecule has 0 saturated heterocycles. The minimum Gasteiger partial charge on any atom is -0.486 e. The summed E-state index contributed by atoms with van der Waals surface area (Å²) in [6.07, 6.45) is 0. The summed E-state index contributed by atoms with van der Waals surface area (Å²) >= 11 is 0. The van der Waals surface area contributed by atoms with Crippen molar-refractivity contribution in [3.05, 3.63) is 59.2 Å². The van der Waals surface area contributed by atoms with Gasteiger partial charge < -0.3 is 10.5 Å². The van der Waals surface area contributed by atoms with Gasteiger partial charge in [-0.1, -0.05) is 18.2 Å². The summed E-state index contributed by atoms with van der Waals surface area (Å²) in [5, 5.41) is 8.89. The molecule has 0 bridgehead atoms. The molecule has 2 aromatic carbocycles. The summed E-state index contributed by atoms with van der Waals surface area (Å²) in [5.41, 5.74) is 5.98. The third-order valence-electron chi connectivity index (χ3n) is 2.57. The maximum Gasteiger partial charge on any atom is 0.167 e. The number of halogens is 2. The number of ether oxygens (including phenoxy) is 1. The van der Waals surface area contributed by atoms with E-state index < -0.39 is 11.6 Å². The first-order chi connectivity index (χ1) is 9.11. The molecule has 19 heavy (non-hydrogen) atoms. The molecule has 0 aliphatic carbocycles. The van der Waals surface area contributed by atoms with Gasteiger partial charge in [0.2, 0.25) is 0 Å². The summed E-state index contributed by atoms with van der Waals surface area (Å²) in [6.45, 7) is -0.0238. The number of hydrogen-bond acceptors (Lipinski definition) is 3. The molecule has 2 N–H and O–H groups in total. The maximum atomic E-state index is 13.5. The summed E-state index contributed by atoms with van der Waals surface area (Å²) in [7, 11) is 0. The van der Waals surface area contributed by atoms with Gasteiger partial charge in [0, 0.05) is 17.7 Å². The van der Waals surface area contributed by atoms with Crippen LogP contribution in [0, 0.1) is 23.0 Å². The second-order valence-electron chi connectivity index (χ2n) is 3.86. The van der Waals surface area contributed by atoms with E-state index in [0.717, 1.165) is 12.1 Å². The van der Waals surface area contributed by atoms with Crippen LogP contribution >= 0.6 is 0 Å². The number of benzene rings is 2. The highest BCUT2D eigenvalue weighted by atomic mass is 19.1. The predicted molar refractivity (Wildman–Crippen MR) is 66.3 cm³/mol. The monoisotopic (exact) mass is 260 g/mol. The number of nitrogens with zero attached hydrogens (tertiary/aromatic N) is 1. The van der Waals surface area contributed by atoms with Crippen molar-refractivity contribution in [3.8, 4) is 11.8 Å². The second kappa shape index (κ2) is 5.36. The summed E-state index contributed by atoms with van der Waals surface area (Å²) in [6, 6.07) is 10.5. The molecule has 96 valence electrons. The first-order valence-corrected chi connectivity index (χ1v) is 5.47. The van der Waals surface area contributed by atoms with E-state index in [2.05, 4.69) is 0 Å². The minimum absolute atomic E-state index is 0.0238. The molecule has 0 heterocycles. The summed E-state index contributed by atoms with van der Waals surface area (Å²) < 4.78 is 31.9. The van der Waals surface area contributed by atoms with Gasteiger partial charge in [-0.25, -0.2) is 8.78 Å². The third kappa shape index (κ3) is 2.80. The lowest BCUT2D eigenvalue weighted by Gasteiger charge is -2.09. The quantitative estimate of drug-likeness (QED) is 0.863. The molecule has 2 aromatic rings. The maximum absolute atomic E-state index is 13.5. The summed E-state index contributed by atoms with van der Waals surface area (Å²) in [5.74, 6) is -1.72. The highest BCUT2D eigenvalue weighted by Gasteiger charge is 2.10. The molecule has 0 atom stereocenters. The Balaban J connectivity index is 2.20. The van der Waals surface area contributed by atoms with Gasteiger partial charge in [-0.05, 0) is 6.07 Å². The Morgan fingerprint density at radius 1 is 1.16 bits per heavy atom. The average Bonchev–Trinajstić information content (AvgIpc) is 2.41. The van der Waals surface area contributed by atoms with E-state index in [9.17, 15) is 8.78 Å². The van der Waals surface area contributed by atoms with Crippen molar-refractivity contribution in [2.75, 3.05) is 5.73 Å². The molecule has 0 aliphatic rings. The van der Waals surface area contributed by atoms with Gasteiger partial charge in [0.05, 0.1) is 17.3 Å². The Labute approximate surface area is 108 Å². The van der Waals surface area contributed by atoms with Crippen molar-refractivity contribution in [2.45, 2.75) is 6.61 Å². The van der Waals surface area contributed by atoms with E-state index in [-0.39, 0.29) is 18.0 Å². The number of nitriles is 1. The SMILES string of the molecule is N#Cc1ccccc1COc1cc(F)c(N)cc1F. The molecule has 0 aliphatic heterocycles. The fourth-order valence-corrected chi connectivity index (χ4v) is 1.57. The van der Waals surface area contributed by atoms with E-state index in [1.54, 1.807) is 24.3 Å². The fraction of sp³-hybridized carbons (Fsp3) is 0.0714. The van der Waals surface area contributed by atoms with Gasteiger partial charge >= 0.3 is 0 Å². The molecule has 5 heteroatoms. The van der Waals surface area contributed by atoms with Crippen LogP contribution in [0.25, 0.3) is 0 Å². The molecule has 3 nitrogen and oxygen atoms in total. The summed E-state index contributed by atoms with van der Waals surface area (Å²) in [4.78, 5) is 0. The second-order valence-corrected chi connectivity index (χ2v) is 3.86. The van der Waals surface area contributed by atoms with Crippen LogP contribution in [0.5, 0.6) is 5.75 Å². The molecular formula is C14H10F2N2O. The Bertz CT molecular complexity index is 650. The number of hydrogen-bond donors (Lipinski definition) is 1. The van der Waals surface area contributed by atoms with Crippen molar-refractivity contribution >= 4 is 5.69 Å². The van der Waals surface area contributed by atoms with E-state index >= 15 is 0 Å². The number of rotatable bonds is 3. The highest BCUT2D eigenvalue weighted by molar-refractivity contribution is 5.45. The number of nitrogens with two attached hydrogens (primary N) is 1. The van der Waals surface area contributed by atoms with Crippen LogP contribution < -0.4 is 10.5 Å². The van der Waals surface area contributed by atoms with Gasteiger partial charge in [0.15, 0.2) is 11.6 Å². The van der Waals surface area contributed by atoms with Crippen molar-refractivity contribution in [2.24, 2.45) is 0 Å². The lowest BCUT2D eigenvalue weighted by atomic mass is 10.1. The van der Waals surface area contributed by atoms with Crippen LogP contribution in [0.1, 0.15) is 11.1 Å². The molecule has 0 aromatic heterocycles. The topological polar surface area (TPSA) is 59.0 Å². The molecule has 0 amide bonds. The van der Waals surface area contributed by atoms with Crippen LogP contribution in [0.15, 0.2) is 36.4 Å². The van der Waals surface area contributed by atoms with Crippen molar-refractivity contribution in [1.82, 2.24) is 0 Å². The van der Waals surface area contributed by atoms with Gasteiger partial charge in [-0.2, -0.15) is 5.26 Å². The molecule has 0 spiro atoms. The van der Waals surface area contributed by atoms with Crippen LogP contribution in [0.2, 0.25) is 0 Å². The lowest BCUT2D eigenvalue weighted by Crippen LogP contribution is -2.01. The number of anilines is 1. The normalized spacial score (nSPS) is 9.95. The van der Waals surface area contributed by atoms with Gasteiger partial charge in [0.1, 0.15) is 12.4 Å². The lowest BCUT2D eigenvalue weighted by molar-refractivity contribution is 0.288. The molecule has 2 rings (SSSR count). The van der Waals surface area contributed by atoms with E-state index in [1.165, 1.54) is 0 Å². The predicted octanol–water partition coefficient (Wildman–Crippen LogP) is 3.00. The Hall–Kier alpha value is -2.61. The van der Waals surface area contributed by atoms with Crippen molar-refractivity contribution in [1.29, 1.82) is 5.26 Å². The van der Waals surface area contributed by atoms with Gasteiger partial charge in [-0.3, -0.25) is 0 Å². The standard InChI is InChI=1S/C14H10F2N2O/c15-11-6-14(12(16)5-13(11)18)19-8-10-4-2-1-3-9(10)7-17/h1-6H,8,18H2. The highest BCUT2D eigenvalue weighted by Crippen LogP contribution is 2.24. The molecule has 0 saturated carbocycles. The smallest absolute Gasteiger partial charge is 0.167 e. The first-order valence-electron chi connectivity index (χ1n) is 5.47. The fourth-order valence-electron chi connectivity index (χ4n) is 1.57. The first kappa shape index (κ1) is 12.8. The van der Waals surface area contributed by atoms with E-state index in [4.69, 9.17) is 15.7 Å². The zero-order valence-corrected chi connectivity index (χ0v) is 9.86. The number of nitrogen functional groups attached to an aromatic ring is 1. The Kier molecular flexibility index (Phi) is 3.62. The van der Waals surface area contributed by atoms with E-state index in [0.29, 0.717) is 11.1 Å². The Morgan fingerprint density at radius 3 is 2.63 bits per heavy atom. The zero-order valence-electron chi connectivity index (χ0n) is 9.86. The largest absolute Gasteiger partial charge is 0.486 e. The zero-order chi connectivity index (χ0) is 13.8. The third-order valence-corrected chi connectivity index (χ3v) is 2.57. The van der Waals surface area contributed by atoms with Gasteiger partial charge in [-0.15, -0.1) is 0 Å². The van der Waals surface area contributed by atoms with Crippen LogP contribution in [-0.4, -0.2) is 0 Å². The average molecular weight is 260 g/mol. The van der Waals surface area contributed by atoms with E-state index in [1.807, 2.05) is 6.07 Å². The molecular weight excluding hydrogens is 250 g/mol. The van der Waals surface area contributed by atoms with Crippen LogP contribution in [-0.2, 0) is 6.61 Å².